The zero-order chi connectivity index (χ0) is 10.7. The first kappa shape index (κ1) is 14.5. The second-order valence-electron chi connectivity index (χ2n) is 2.97. The van der Waals surface area contributed by atoms with E-state index in [9.17, 15) is 4.79 Å². The number of nitrogens with two attached hydrogens (primary N) is 1. The Morgan fingerprint density at radius 3 is 2.40 bits per heavy atom. The van der Waals surface area contributed by atoms with Gasteiger partial charge in [-0.3, -0.25) is 4.79 Å². The van der Waals surface area contributed by atoms with Crippen molar-refractivity contribution in [2.75, 3.05) is 0 Å². The molecule has 15 heavy (non-hydrogen) atoms. The average molecular weight is 362 g/mol. The molecule has 0 saturated carbocycles. The van der Waals surface area contributed by atoms with Gasteiger partial charge in [-0.1, -0.05) is 6.07 Å². The van der Waals surface area contributed by atoms with Crippen molar-refractivity contribution in [1.82, 2.24) is 0 Å². The van der Waals surface area contributed by atoms with E-state index < -0.39 is 12.0 Å². The summed E-state index contributed by atoms with van der Waals surface area (Å²) in [6.07, 6.45) is 0.114. The molecule has 1 aromatic carbocycles. The van der Waals surface area contributed by atoms with E-state index in [0.29, 0.717) is 5.56 Å². The summed E-state index contributed by atoms with van der Waals surface area (Å²) < 4.78 is 0. The monoisotopic (exact) mass is 362 g/mol. The first-order valence-electron chi connectivity index (χ1n) is 4.00. The molecular weight excluding hydrogens is 351 g/mol. The molecule has 0 amide bonds. The van der Waals surface area contributed by atoms with Crippen LogP contribution in [0.25, 0.3) is 0 Å². The van der Waals surface area contributed by atoms with Gasteiger partial charge in [0.1, 0.15) is 6.04 Å². The molecule has 0 aromatic heterocycles. The molecule has 1 atom stereocenters. The van der Waals surface area contributed by atoms with Gasteiger partial charge in [-0.2, -0.15) is 0 Å². The zero-order valence-electron chi connectivity index (χ0n) is 7.65. The number of hydrogen-bond acceptors (Lipinski definition) is 4. The van der Waals surface area contributed by atoms with Gasteiger partial charge in [-0.05, 0) is 24.1 Å². The van der Waals surface area contributed by atoms with E-state index in [-0.39, 0.29) is 55.7 Å². The summed E-state index contributed by atoms with van der Waals surface area (Å²) in [7, 11) is 0. The van der Waals surface area contributed by atoms with E-state index in [1.54, 1.807) is 0 Å². The van der Waals surface area contributed by atoms with Crippen LogP contribution in [-0.2, 0) is 11.2 Å². The molecule has 5 nitrogen and oxygen atoms in total. The standard InChI is InChI=1S/C9H11NO4.Ho/c10-6(9(13)14)3-5-1-2-7(11)8(12)4-5;/h1-2,4,6,11-12H,3,10H2,(H,13,14);/t6-;/m0./s1. The van der Waals surface area contributed by atoms with E-state index in [1.807, 2.05) is 0 Å². The van der Waals surface area contributed by atoms with Crippen molar-refractivity contribution in [1.29, 1.82) is 0 Å². The van der Waals surface area contributed by atoms with E-state index >= 15 is 0 Å². The Kier molecular flexibility index (Phi) is 5.97. The quantitative estimate of drug-likeness (QED) is 0.450. The summed E-state index contributed by atoms with van der Waals surface area (Å²) in [6, 6.07) is 3.09. The van der Waals surface area contributed by atoms with Crippen LogP contribution in [0, 0.1) is 37.7 Å². The third kappa shape index (κ3) is 4.25. The van der Waals surface area contributed by atoms with Crippen LogP contribution in [0.2, 0.25) is 0 Å². The zero-order valence-corrected chi connectivity index (χ0v) is 9.58. The minimum atomic E-state index is -1.10. The van der Waals surface area contributed by atoms with E-state index in [2.05, 4.69) is 0 Å². The fraction of sp³-hybridized carbons (Fsp3) is 0.222. The predicted octanol–water partition coefficient (Wildman–Crippen LogP) is 0.0522. The number of carboxylic acids is 1. The number of phenols is 2. The molecule has 0 spiro atoms. The molecule has 0 saturated heterocycles. The molecule has 0 aliphatic carbocycles. The van der Waals surface area contributed by atoms with Gasteiger partial charge in [0.15, 0.2) is 11.5 Å². The van der Waals surface area contributed by atoms with Gasteiger partial charge in [0.2, 0.25) is 0 Å². The van der Waals surface area contributed by atoms with Crippen LogP contribution in [0.5, 0.6) is 11.5 Å². The molecule has 0 bridgehead atoms. The van der Waals surface area contributed by atoms with Crippen LogP contribution in [0.3, 0.4) is 0 Å². The van der Waals surface area contributed by atoms with E-state index in [0.717, 1.165) is 0 Å². The summed E-state index contributed by atoms with van der Waals surface area (Å²) in [6.45, 7) is 0. The van der Waals surface area contributed by atoms with Crippen LogP contribution >= 0.6 is 0 Å². The molecule has 6 heteroatoms. The van der Waals surface area contributed by atoms with E-state index in [1.165, 1.54) is 18.2 Å². The Balaban J connectivity index is 0.00000196. The summed E-state index contributed by atoms with van der Waals surface area (Å²) in [5.74, 6) is -1.62. The van der Waals surface area contributed by atoms with Gasteiger partial charge in [0.25, 0.3) is 0 Å². The van der Waals surface area contributed by atoms with E-state index in [4.69, 9.17) is 21.1 Å². The fourth-order valence-corrected chi connectivity index (χ4v) is 1.04. The van der Waals surface area contributed by atoms with Crippen LogP contribution in [0.1, 0.15) is 5.56 Å². The van der Waals surface area contributed by atoms with Crippen molar-refractivity contribution in [3.8, 4) is 11.5 Å². The van der Waals surface area contributed by atoms with Crippen molar-refractivity contribution < 1.29 is 57.9 Å². The third-order valence-electron chi connectivity index (χ3n) is 1.81. The summed E-state index contributed by atoms with van der Waals surface area (Å²) in [4.78, 5) is 10.4. The van der Waals surface area contributed by atoms with Crippen LogP contribution in [0.15, 0.2) is 18.2 Å². The topological polar surface area (TPSA) is 104 Å². The number of benzene rings is 1. The number of aromatic hydroxyl groups is 2. The van der Waals surface area contributed by atoms with Gasteiger partial charge >= 0.3 is 5.97 Å². The minimum Gasteiger partial charge on any atom is -0.504 e. The molecule has 1 radical (unpaired) electrons. The molecule has 1 rings (SSSR count). The Bertz CT molecular complexity index is 356. The first-order valence-corrected chi connectivity index (χ1v) is 4.00. The van der Waals surface area contributed by atoms with Crippen LogP contribution < -0.4 is 5.73 Å². The molecule has 0 fully saturated rings. The van der Waals surface area contributed by atoms with Crippen LogP contribution in [-0.4, -0.2) is 27.3 Å². The summed E-state index contributed by atoms with van der Waals surface area (Å²) >= 11 is 0. The van der Waals surface area contributed by atoms with Crippen molar-refractivity contribution in [2.45, 2.75) is 12.5 Å². The van der Waals surface area contributed by atoms with Crippen molar-refractivity contribution in [3.05, 3.63) is 23.8 Å². The maximum absolute atomic E-state index is 10.4. The van der Waals surface area contributed by atoms with Gasteiger partial charge < -0.3 is 21.1 Å². The molecule has 0 aliphatic rings. The first-order chi connectivity index (χ1) is 6.50. The number of hydrogen-bond donors (Lipinski definition) is 4. The van der Waals surface area contributed by atoms with Gasteiger partial charge in [0, 0.05) is 37.7 Å². The fourth-order valence-electron chi connectivity index (χ4n) is 1.04. The Morgan fingerprint density at radius 1 is 1.33 bits per heavy atom. The van der Waals surface area contributed by atoms with Crippen LogP contribution in [0.4, 0.5) is 0 Å². The van der Waals surface area contributed by atoms with Gasteiger partial charge in [-0.25, -0.2) is 0 Å². The smallest absolute Gasteiger partial charge is 0.320 e. The Labute approximate surface area is 117 Å². The normalized spacial score (nSPS) is 11.5. The summed E-state index contributed by atoms with van der Waals surface area (Å²) in [5.41, 5.74) is 5.86. The van der Waals surface area contributed by atoms with Gasteiger partial charge in [0.05, 0.1) is 0 Å². The van der Waals surface area contributed by atoms with Crippen molar-refractivity contribution >= 4 is 5.97 Å². The average Bonchev–Trinajstić information content (AvgIpc) is 2.11. The maximum Gasteiger partial charge on any atom is 0.320 e. The predicted molar refractivity (Wildman–Crippen MR) is 49.1 cm³/mol. The molecule has 0 unspecified atom stereocenters. The minimum absolute atomic E-state index is 0. The number of carboxylic acid groups (broad SMARTS) is 1. The van der Waals surface area contributed by atoms with Crippen molar-refractivity contribution in [2.24, 2.45) is 5.73 Å². The second-order valence-corrected chi connectivity index (χ2v) is 2.97. The molecule has 0 heterocycles. The largest absolute Gasteiger partial charge is 0.504 e. The third-order valence-corrected chi connectivity index (χ3v) is 1.81. The molecule has 1 aromatic rings. The number of carbonyl (C=O) groups is 1. The number of aliphatic carboxylic acids is 1. The Morgan fingerprint density at radius 2 is 1.93 bits per heavy atom. The second kappa shape index (κ2) is 6.17. The molecular formula is C9H11HoNO4. The van der Waals surface area contributed by atoms with Gasteiger partial charge in [-0.15, -0.1) is 0 Å². The maximum atomic E-state index is 10.4. The number of phenolic OH excluding ortho intramolecular Hbond substituents is 2. The number of rotatable bonds is 3. The molecule has 87 valence electrons. The molecule has 0 aliphatic heterocycles. The Hall–Kier alpha value is -0.490. The summed E-state index contributed by atoms with van der Waals surface area (Å²) in [5, 5.41) is 26.6. The SMILES string of the molecule is N[C@@H](Cc1ccc(O)c(O)c1)C(=O)O.[Ho]. The molecule has 5 N–H and O–H groups in total. The van der Waals surface area contributed by atoms with Crippen molar-refractivity contribution in [3.63, 3.8) is 0 Å².